The van der Waals surface area contributed by atoms with Gasteiger partial charge >= 0.3 is 0 Å². The van der Waals surface area contributed by atoms with Crippen molar-refractivity contribution in [2.45, 2.75) is 77.5 Å². The lowest BCUT2D eigenvalue weighted by Gasteiger charge is -2.37. The van der Waals surface area contributed by atoms with Gasteiger partial charge in [0.25, 0.3) is 0 Å². The van der Waals surface area contributed by atoms with Crippen molar-refractivity contribution in [1.29, 1.82) is 0 Å². The quantitative estimate of drug-likeness (QED) is 0.827. The van der Waals surface area contributed by atoms with E-state index in [0.29, 0.717) is 11.5 Å². The molecular formula is C17H28N2O. The highest BCUT2D eigenvalue weighted by Gasteiger charge is 2.35. The lowest BCUT2D eigenvalue weighted by molar-refractivity contribution is 0.109. The number of rotatable bonds is 1. The normalized spacial score (nSPS) is 33.0. The third kappa shape index (κ3) is 2.42. The van der Waals surface area contributed by atoms with Crippen molar-refractivity contribution in [3.63, 3.8) is 0 Å². The zero-order chi connectivity index (χ0) is 14.5. The van der Waals surface area contributed by atoms with Crippen LogP contribution in [0.2, 0.25) is 0 Å². The van der Waals surface area contributed by atoms with Gasteiger partial charge in [-0.25, -0.2) is 0 Å². The number of aromatic nitrogens is 1. The molecule has 1 saturated carbocycles. The summed E-state index contributed by atoms with van der Waals surface area (Å²) in [5, 5.41) is 9.73. The largest absolute Gasteiger partial charge is 0.393 e. The molecule has 1 atom stereocenters. The van der Waals surface area contributed by atoms with E-state index in [1.54, 1.807) is 0 Å². The predicted octanol–water partition coefficient (Wildman–Crippen LogP) is 3.24. The molecule has 3 heteroatoms. The van der Waals surface area contributed by atoms with Crippen molar-refractivity contribution in [3.05, 3.63) is 23.0 Å². The van der Waals surface area contributed by atoms with Crippen LogP contribution in [0, 0.1) is 12.3 Å². The molecule has 1 aromatic heterocycles. The Morgan fingerprint density at radius 2 is 1.90 bits per heavy atom. The molecule has 20 heavy (non-hydrogen) atoms. The molecule has 0 spiro atoms. The van der Waals surface area contributed by atoms with E-state index < -0.39 is 0 Å². The summed E-state index contributed by atoms with van der Waals surface area (Å²) in [5.41, 5.74) is 10.9. The Morgan fingerprint density at radius 3 is 2.55 bits per heavy atom. The average Bonchev–Trinajstić information content (AvgIpc) is 2.66. The van der Waals surface area contributed by atoms with Crippen LogP contribution in [0.15, 0.2) is 6.07 Å². The van der Waals surface area contributed by atoms with Crippen LogP contribution in [0.3, 0.4) is 0 Å². The first-order chi connectivity index (χ1) is 9.37. The second-order valence-corrected chi connectivity index (χ2v) is 7.67. The van der Waals surface area contributed by atoms with E-state index in [4.69, 9.17) is 5.73 Å². The van der Waals surface area contributed by atoms with E-state index in [9.17, 15) is 5.11 Å². The maximum absolute atomic E-state index is 9.73. The first kappa shape index (κ1) is 14.2. The van der Waals surface area contributed by atoms with Crippen molar-refractivity contribution in [3.8, 4) is 0 Å². The minimum Gasteiger partial charge on any atom is -0.393 e. The maximum Gasteiger partial charge on any atom is 0.0541 e. The highest BCUT2D eigenvalue weighted by atomic mass is 16.3. The lowest BCUT2D eigenvalue weighted by Crippen LogP contribution is -2.32. The van der Waals surface area contributed by atoms with E-state index in [-0.39, 0.29) is 12.1 Å². The minimum absolute atomic E-state index is 0.0864. The number of nitrogens with zero attached hydrogens (tertiary/aromatic N) is 1. The Morgan fingerprint density at radius 1 is 1.25 bits per heavy atom. The molecule has 0 saturated heterocycles. The molecule has 3 nitrogen and oxygen atoms in total. The van der Waals surface area contributed by atoms with Crippen LogP contribution in [0.5, 0.6) is 0 Å². The molecule has 1 fully saturated rings. The smallest absolute Gasteiger partial charge is 0.0541 e. The van der Waals surface area contributed by atoms with Gasteiger partial charge in [0.15, 0.2) is 0 Å². The molecule has 2 aliphatic carbocycles. The average molecular weight is 276 g/mol. The van der Waals surface area contributed by atoms with Crippen molar-refractivity contribution < 1.29 is 5.11 Å². The third-order valence-electron chi connectivity index (χ3n) is 5.22. The standard InChI is InChI=1S/C17H28N2O/c1-11-8-14-15(18)9-17(2,3)10-16(14)19(11)12-4-6-13(20)7-5-12/h8,12-13,15,20H,4-7,9-10,18H2,1-3H3. The summed E-state index contributed by atoms with van der Waals surface area (Å²) in [6, 6.07) is 3.05. The SMILES string of the molecule is Cc1cc2c(n1C1CCC(O)CC1)CC(C)(C)CC2N. The van der Waals surface area contributed by atoms with Gasteiger partial charge in [0.1, 0.15) is 0 Å². The summed E-state index contributed by atoms with van der Waals surface area (Å²) in [7, 11) is 0. The lowest BCUT2D eigenvalue weighted by atomic mass is 9.74. The summed E-state index contributed by atoms with van der Waals surface area (Å²) in [6.07, 6.45) is 6.18. The van der Waals surface area contributed by atoms with Crippen molar-refractivity contribution in [2.75, 3.05) is 0 Å². The van der Waals surface area contributed by atoms with E-state index in [0.717, 1.165) is 38.5 Å². The summed E-state index contributed by atoms with van der Waals surface area (Å²) in [4.78, 5) is 0. The fourth-order valence-electron chi connectivity index (χ4n) is 4.29. The Labute approximate surface area is 122 Å². The molecule has 0 aromatic carbocycles. The van der Waals surface area contributed by atoms with Gasteiger partial charge < -0.3 is 15.4 Å². The van der Waals surface area contributed by atoms with Crippen LogP contribution in [-0.4, -0.2) is 15.8 Å². The van der Waals surface area contributed by atoms with E-state index in [2.05, 4.69) is 31.4 Å². The fraction of sp³-hybridized carbons (Fsp3) is 0.765. The van der Waals surface area contributed by atoms with Crippen LogP contribution < -0.4 is 5.73 Å². The third-order valence-corrected chi connectivity index (χ3v) is 5.22. The number of hydrogen-bond acceptors (Lipinski definition) is 2. The Balaban J connectivity index is 1.96. The van der Waals surface area contributed by atoms with Gasteiger partial charge in [-0.05, 0) is 62.5 Å². The van der Waals surface area contributed by atoms with Gasteiger partial charge in [-0.15, -0.1) is 0 Å². The van der Waals surface area contributed by atoms with E-state index >= 15 is 0 Å². The van der Waals surface area contributed by atoms with Crippen molar-refractivity contribution in [2.24, 2.45) is 11.1 Å². The molecule has 0 aliphatic heterocycles. The summed E-state index contributed by atoms with van der Waals surface area (Å²) in [6.45, 7) is 6.86. The fourth-order valence-corrected chi connectivity index (χ4v) is 4.29. The summed E-state index contributed by atoms with van der Waals surface area (Å²) in [5.74, 6) is 0. The molecule has 1 heterocycles. The number of aliphatic hydroxyl groups excluding tert-OH is 1. The summed E-state index contributed by atoms with van der Waals surface area (Å²) >= 11 is 0. The second kappa shape index (κ2) is 4.88. The van der Waals surface area contributed by atoms with Gasteiger partial charge in [-0.1, -0.05) is 13.8 Å². The highest BCUT2D eigenvalue weighted by molar-refractivity contribution is 5.34. The maximum atomic E-state index is 9.73. The van der Waals surface area contributed by atoms with Crippen LogP contribution in [0.1, 0.15) is 75.0 Å². The Hall–Kier alpha value is -0.800. The highest BCUT2D eigenvalue weighted by Crippen LogP contribution is 2.43. The Kier molecular flexibility index (Phi) is 3.46. The van der Waals surface area contributed by atoms with Gasteiger partial charge in [0.2, 0.25) is 0 Å². The van der Waals surface area contributed by atoms with Gasteiger partial charge in [-0.3, -0.25) is 0 Å². The van der Waals surface area contributed by atoms with Crippen LogP contribution in [0.4, 0.5) is 0 Å². The summed E-state index contributed by atoms with van der Waals surface area (Å²) < 4.78 is 2.54. The number of nitrogens with two attached hydrogens (primary N) is 1. The Bertz CT molecular complexity index is 495. The molecule has 3 N–H and O–H groups in total. The molecule has 2 aliphatic rings. The molecule has 0 radical (unpaired) electrons. The zero-order valence-electron chi connectivity index (χ0n) is 13.0. The molecule has 0 amide bonds. The molecular weight excluding hydrogens is 248 g/mol. The monoisotopic (exact) mass is 276 g/mol. The number of aliphatic hydroxyl groups is 1. The van der Waals surface area contributed by atoms with Gasteiger partial charge in [-0.2, -0.15) is 0 Å². The van der Waals surface area contributed by atoms with Gasteiger partial charge in [0, 0.05) is 23.5 Å². The van der Waals surface area contributed by atoms with Crippen LogP contribution in [-0.2, 0) is 6.42 Å². The predicted molar refractivity (Wildman–Crippen MR) is 81.7 cm³/mol. The topological polar surface area (TPSA) is 51.2 Å². The number of fused-ring (bicyclic) bond motifs is 1. The number of hydrogen-bond donors (Lipinski definition) is 2. The number of aryl methyl sites for hydroxylation is 1. The molecule has 112 valence electrons. The van der Waals surface area contributed by atoms with Gasteiger partial charge in [0.05, 0.1) is 6.10 Å². The molecule has 1 unspecified atom stereocenters. The molecule has 3 rings (SSSR count). The van der Waals surface area contributed by atoms with E-state index in [1.807, 2.05) is 0 Å². The minimum atomic E-state index is -0.0864. The second-order valence-electron chi connectivity index (χ2n) is 7.67. The van der Waals surface area contributed by atoms with E-state index in [1.165, 1.54) is 17.0 Å². The van der Waals surface area contributed by atoms with Crippen molar-refractivity contribution in [1.82, 2.24) is 4.57 Å². The van der Waals surface area contributed by atoms with Crippen LogP contribution in [0.25, 0.3) is 0 Å². The zero-order valence-corrected chi connectivity index (χ0v) is 13.0. The van der Waals surface area contributed by atoms with Crippen LogP contribution >= 0.6 is 0 Å². The van der Waals surface area contributed by atoms with Crippen molar-refractivity contribution >= 4 is 0 Å². The first-order valence-electron chi connectivity index (χ1n) is 8.01. The first-order valence-corrected chi connectivity index (χ1v) is 8.01. The molecule has 1 aromatic rings. The molecule has 0 bridgehead atoms.